The Morgan fingerprint density at radius 3 is 1.46 bits per heavy atom. The molecule has 2 heterocycles. The van der Waals surface area contributed by atoms with E-state index in [1.807, 2.05) is 0 Å². The van der Waals surface area contributed by atoms with Crippen LogP contribution in [0.3, 0.4) is 0 Å². The van der Waals surface area contributed by atoms with E-state index >= 15 is 0 Å². The third-order valence-corrected chi connectivity index (χ3v) is 6.74. The zero-order valence-corrected chi connectivity index (χ0v) is 15.8. The highest BCUT2D eigenvalue weighted by molar-refractivity contribution is 7.29. The second-order valence-electron chi connectivity index (χ2n) is 6.14. The van der Waals surface area contributed by atoms with E-state index in [0.717, 1.165) is 19.7 Å². The number of hydrogen-bond acceptors (Lipinski definition) is 4. The van der Waals surface area contributed by atoms with Crippen molar-refractivity contribution in [1.82, 2.24) is 9.97 Å². The number of fused-ring (bicyclic) bond motifs is 1. The molecule has 0 unspecified atom stereocenters. The van der Waals surface area contributed by atoms with E-state index in [1.54, 1.807) is 22.7 Å². The van der Waals surface area contributed by atoms with Crippen LogP contribution in [-0.4, -0.2) is 9.97 Å². The van der Waals surface area contributed by atoms with E-state index in [0.29, 0.717) is 0 Å². The minimum Gasteiger partial charge on any atom is -0.223 e. The summed E-state index contributed by atoms with van der Waals surface area (Å²) in [5.41, 5.74) is 7.64. The Kier molecular flexibility index (Phi) is 3.74. The smallest absolute Gasteiger partial charge is 0.155 e. The lowest BCUT2D eigenvalue weighted by Gasteiger charge is -2.05. The molecule has 0 aliphatic heterocycles. The number of hydrogen-bond donors (Lipinski definition) is 0. The van der Waals surface area contributed by atoms with Crippen molar-refractivity contribution < 1.29 is 0 Å². The first kappa shape index (κ1) is 15.5. The molecule has 0 atom stereocenters. The van der Waals surface area contributed by atoms with Crippen molar-refractivity contribution in [3.63, 3.8) is 0 Å². The Bertz CT molecular complexity index is 944. The number of rotatable bonds is 2. The molecular weight excluding hydrogens is 332 g/mol. The fraction of sp³-hybridized carbons (Fsp3) is 0.200. The van der Waals surface area contributed by atoms with Crippen molar-refractivity contribution in [1.29, 1.82) is 0 Å². The first-order valence-electron chi connectivity index (χ1n) is 7.95. The maximum Gasteiger partial charge on any atom is 0.155 e. The molecule has 0 fully saturated rings. The molecular formula is C20H18N2S2. The molecule has 24 heavy (non-hydrogen) atoms. The highest BCUT2D eigenvalue weighted by atomic mass is 32.1. The Morgan fingerprint density at radius 1 is 0.625 bits per heavy atom. The summed E-state index contributed by atoms with van der Waals surface area (Å²) in [5, 5.41) is 2.13. The van der Waals surface area contributed by atoms with Crippen molar-refractivity contribution in [3.8, 4) is 21.1 Å². The molecule has 0 spiro atoms. The Morgan fingerprint density at radius 2 is 1.04 bits per heavy atom. The zero-order valence-electron chi connectivity index (χ0n) is 14.2. The van der Waals surface area contributed by atoms with Gasteiger partial charge in [-0.1, -0.05) is 59.1 Å². The monoisotopic (exact) mass is 350 g/mol. The van der Waals surface area contributed by atoms with Crippen LogP contribution in [-0.2, 0) is 0 Å². The normalized spacial score (nSPS) is 11.3. The second-order valence-corrected chi connectivity index (χ2v) is 8.10. The van der Waals surface area contributed by atoms with Crippen LogP contribution in [0, 0.1) is 27.7 Å². The SMILES string of the molecule is Cc1cccc(-c2nc3sc(-c4cccc(C)c4C)nc3s2)c1C. The molecule has 2 nitrogen and oxygen atoms in total. The molecule has 0 aliphatic rings. The second kappa shape index (κ2) is 5.80. The van der Waals surface area contributed by atoms with Crippen LogP contribution in [0.15, 0.2) is 36.4 Å². The molecule has 4 heteroatoms. The predicted octanol–water partition coefficient (Wildman–Crippen LogP) is 6.32. The van der Waals surface area contributed by atoms with Gasteiger partial charge in [0.05, 0.1) is 0 Å². The van der Waals surface area contributed by atoms with Gasteiger partial charge in [-0.15, -0.1) is 0 Å². The van der Waals surface area contributed by atoms with Gasteiger partial charge >= 0.3 is 0 Å². The van der Waals surface area contributed by atoms with Crippen LogP contribution in [0.25, 0.3) is 30.8 Å². The zero-order chi connectivity index (χ0) is 16.8. The van der Waals surface area contributed by atoms with Crippen LogP contribution >= 0.6 is 22.7 Å². The van der Waals surface area contributed by atoms with E-state index in [4.69, 9.17) is 9.97 Å². The number of aryl methyl sites for hydroxylation is 2. The molecule has 0 saturated heterocycles. The van der Waals surface area contributed by atoms with Crippen molar-refractivity contribution >= 4 is 32.3 Å². The summed E-state index contributed by atoms with van der Waals surface area (Å²) in [6.45, 7) is 8.61. The Balaban J connectivity index is 1.81. The highest BCUT2D eigenvalue weighted by Gasteiger charge is 2.15. The summed E-state index contributed by atoms with van der Waals surface area (Å²) in [6.07, 6.45) is 0. The molecule has 0 bridgehead atoms. The van der Waals surface area contributed by atoms with Gasteiger partial charge in [-0.2, -0.15) is 0 Å². The fourth-order valence-corrected chi connectivity index (χ4v) is 5.05. The molecule has 4 aromatic rings. The molecule has 4 rings (SSSR count). The first-order chi connectivity index (χ1) is 11.5. The van der Waals surface area contributed by atoms with Crippen LogP contribution in [0.1, 0.15) is 22.3 Å². The van der Waals surface area contributed by atoms with Crippen molar-refractivity contribution in [2.24, 2.45) is 0 Å². The van der Waals surface area contributed by atoms with E-state index < -0.39 is 0 Å². The van der Waals surface area contributed by atoms with Gasteiger partial charge in [0, 0.05) is 11.1 Å². The largest absolute Gasteiger partial charge is 0.223 e. The third kappa shape index (κ3) is 2.46. The van der Waals surface area contributed by atoms with Crippen LogP contribution in [0.5, 0.6) is 0 Å². The van der Waals surface area contributed by atoms with Crippen LogP contribution in [0.2, 0.25) is 0 Å². The summed E-state index contributed by atoms with van der Waals surface area (Å²) in [7, 11) is 0. The van der Waals surface area contributed by atoms with E-state index in [-0.39, 0.29) is 0 Å². The van der Waals surface area contributed by atoms with Gasteiger partial charge < -0.3 is 0 Å². The molecule has 120 valence electrons. The molecule has 0 amide bonds. The number of nitrogens with zero attached hydrogens (tertiary/aromatic N) is 2. The average Bonchev–Trinajstić information content (AvgIpc) is 3.11. The number of benzene rings is 2. The predicted molar refractivity (Wildman–Crippen MR) is 105 cm³/mol. The van der Waals surface area contributed by atoms with Crippen LogP contribution < -0.4 is 0 Å². The van der Waals surface area contributed by atoms with E-state index in [1.165, 1.54) is 33.4 Å². The maximum atomic E-state index is 4.86. The lowest BCUT2D eigenvalue weighted by atomic mass is 10.0. The van der Waals surface area contributed by atoms with Gasteiger partial charge in [0.2, 0.25) is 0 Å². The molecule has 0 aliphatic carbocycles. The first-order valence-corrected chi connectivity index (χ1v) is 9.58. The van der Waals surface area contributed by atoms with Crippen molar-refractivity contribution in [3.05, 3.63) is 58.7 Å². The Hall–Kier alpha value is -2.04. The van der Waals surface area contributed by atoms with Crippen molar-refractivity contribution in [2.45, 2.75) is 27.7 Å². The minimum atomic E-state index is 1.03. The summed E-state index contributed by atoms with van der Waals surface area (Å²) in [5.74, 6) is 0. The van der Waals surface area contributed by atoms with Gasteiger partial charge in [0.15, 0.2) is 9.66 Å². The lowest BCUT2D eigenvalue weighted by molar-refractivity contribution is 1.33. The van der Waals surface area contributed by atoms with Gasteiger partial charge in [-0.3, -0.25) is 0 Å². The minimum absolute atomic E-state index is 1.03. The van der Waals surface area contributed by atoms with Gasteiger partial charge in [0.25, 0.3) is 0 Å². The maximum absolute atomic E-state index is 4.86. The molecule has 0 N–H and O–H groups in total. The standard InChI is InChI=1S/C20H18N2S2/c1-11-7-5-9-15(13(11)3)17-21-19-20(23-17)22-18(24-19)16-10-6-8-12(2)14(16)4/h5-10H,1-4H3. The summed E-state index contributed by atoms with van der Waals surface area (Å²) >= 11 is 3.37. The van der Waals surface area contributed by atoms with Crippen LogP contribution in [0.4, 0.5) is 0 Å². The third-order valence-electron chi connectivity index (χ3n) is 4.65. The highest BCUT2D eigenvalue weighted by Crippen LogP contribution is 2.38. The molecule has 0 radical (unpaired) electrons. The summed E-state index contributed by atoms with van der Waals surface area (Å²) in [6, 6.07) is 12.8. The molecule has 2 aromatic heterocycles. The molecule has 0 saturated carbocycles. The van der Waals surface area contributed by atoms with Crippen molar-refractivity contribution in [2.75, 3.05) is 0 Å². The fourth-order valence-electron chi connectivity index (χ4n) is 2.84. The topological polar surface area (TPSA) is 25.8 Å². The van der Waals surface area contributed by atoms with E-state index in [9.17, 15) is 0 Å². The molecule has 2 aromatic carbocycles. The quantitative estimate of drug-likeness (QED) is 0.423. The van der Waals surface area contributed by atoms with Gasteiger partial charge in [-0.05, 0) is 49.9 Å². The summed E-state index contributed by atoms with van der Waals surface area (Å²) < 4.78 is 0. The number of aromatic nitrogens is 2. The number of thiazole rings is 2. The van der Waals surface area contributed by atoms with E-state index in [2.05, 4.69) is 64.1 Å². The lowest BCUT2D eigenvalue weighted by Crippen LogP contribution is -1.86. The van der Waals surface area contributed by atoms with Gasteiger partial charge in [-0.25, -0.2) is 9.97 Å². The summed E-state index contributed by atoms with van der Waals surface area (Å²) in [4.78, 5) is 11.8. The van der Waals surface area contributed by atoms with Gasteiger partial charge in [0.1, 0.15) is 10.0 Å². The average molecular weight is 351 g/mol. The Labute approximate surface area is 149 Å².